The molecule has 136 valence electrons. The molecule has 1 amide bonds. The van der Waals surface area contributed by atoms with Gasteiger partial charge in [-0.3, -0.25) is 9.48 Å². The second-order valence-electron chi connectivity index (χ2n) is 5.62. The van der Waals surface area contributed by atoms with E-state index in [0.717, 1.165) is 5.56 Å². The lowest BCUT2D eigenvalue weighted by atomic mass is 10.1. The van der Waals surface area contributed by atoms with E-state index in [0.29, 0.717) is 5.69 Å². The molecule has 0 saturated heterocycles. The molecule has 26 heavy (non-hydrogen) atoms. The van der Waals surface area contributed by atoms with Gasteiger partial charge in [-0.25, -0.2) is 13.1 Å². The summed E-state index contributed by atoms with van der Waals surface area (Å²) >= 11 is 1.55. The SMILES string of the molecule is CC(=O)Nc1ccc(S(=O)(=O)NC[C@@H](c2ccsc2)n2cccn2)cc1. The van der Waals surface area contributed by atoms with Crippen molar-refractivity contribution in [2.75, 3.05) is 11.9 Å². The number of nitrogens with one attached hydrogen (secondary N) is 2. The fourth-order valence-electron chi connectivity index (χ4n) is 2.49. The van der Waals surface area contributed by atoms with Gasteiger partial charge < -0.3 is 5.32 Å². The van der Waals surface area contributed by atoms with Crippen molar-refractivity contribution in [1.29, 1.82) is 0 Å². The maximum absolute atomic E-state index is 12.6. The minimum atomic E-state index is -3.68. The van der Waals surface area contributed by atoms with Crippen molar-refractivity contribution in [3.63, 3.8) is 0 Å². The molecule has 2 aromatic heterocycles. The van der Waals surface area contributed by atoms with Gasteiger partial charge in [-0.15, -0.1) is 0 Å². The number of thiophene rings is 1. The first kappa shape index (κ1) is 18.3. The molecule has 3 aromatic rings. The van der Waals surface area contributed by atoms with E-state index in [1.807, 2.05) is 16.8 Å². The Labute approximate surface area is 155 Å². The van der Waals surface area contributed by atoms with Crippen LogP contribution in [0.3, 0.4) is 0 Å². The first-order valence-electron chi connectivity index (χ1n) is 7.84. The van der Waals surface area contributed by atoms with Gasteiger partial charge in [-0.2, -0.15) is 16.4 Å². The van der Waals surface area contributed by atoms with Gasteiger partial charge in [0, 0.05) is 31.5 Å². The van der Waals surface area contributed by atoms with Gasteiger partial charge in [0.25, 0.3) is 0 Å². The number of benzene rings is 1. The van der Waals surface area contributed by atoms with Gasteiger partial charge in [0.2, 0.25) is 15.9 Å². The highest BCUT2D eigenvalue weighted by Crippen LogP contribution is 2.21. The van der Waals surface area contributed by atoms with Gasteiger partial charge in [0.05, 0.1) is 10.9 Å². The van der Waals surface area contributed by atoms with E-state index in [1.54, 1.807) is 46.6 Å². The number of anilines is 1. The van der Waals surface area contributed by atoms with Crippen molar-refractivity contribution in [2.45, 2.75) is 17.9 Å². The molecule has 0 radical (unpaired) electrons. The number of aromatic nitrogens is 2. The van der Waals surface area contributed by atoms with Crippen LogP contribution in [0.2, 0.25) is 0 Å². The first-order chi connectivity index (χ1) is 12.5. The largest absolute Gasteiger partial charge is 0.326 e. The molecular formula is C17H18N4O3S2. The average Bonchev–Trinajstić information content (AvgIpc) is 3.29. The molecule has 9 heteroatoms. The van der Waals surface area contributed by atoms with Crippen LogP contribution < -0.4 is 10.0 Å². The van der Waals surface area contributed by atoms with E-state index in [9.17, 15) is 13.2 Å². The van der Waals surface area contributed by atoms with Crippen LogP contribution >= 0.6 is 11.3 Å². The molecule has 0 spiro atoms. The maximum Gasteiger partial charge on any atom is 0.240 e. The first-order valence-corrected chi connectivity index (χ1v) is 10.3. The molecule has 0 saturated carbocycles. The smallest absolute Gasteiger partial charge is 0.240 e. The topological polar surface area (TPSA) is 93.1 Å². The number of amides is 1. The second kappa shape index (κ2) is 7.81. The number of carbonyl (C=O) groups excluding carboxylic acids is 1. The standard InChI is InChI=1S/C17H18N4O3S2/c1-13(22)20-15-3-5-16(6-4-15)26(23,24)19-11-17(14-7-10-25-12-14)21-9-2-8-18-21/h2-10,12,17,19H,11H2,1H3,(H,20,22)/t17-/m0/s1. The molecule has 2 heterocycles. The zero-order valence-corrected chi connectivity index (χ0v) is 15.6. The molecule has 1 atom stereocenters. The van der Waals surface area contributed by atoms with Crippen LogP contribution in [0.25, 0.3) is 0 Å². The molecule has 2 N–H and O–H groups in total. The van der Waals surface area contributed by atoms with E-state index in [-0.39, 0.29) is 23.4 Å². The van der Waals surface area contributed by atoms with Gasteiger partial charge >= 0.3 is 0 Å². The summed E-state index contributed by atoms with van der Waals surface area (Å²) in [5, 5.41) is 10.8. The van der Waals surface area contributed by atoms with E-state index >= 15 is 0 Å². The van der Waals surface area contributed by atoms with Crippen LogP contribution in [0.15, 0.2) is 64.4 Å². The van der Waals surface area contributed by atoms with Crippen LogP contribution in [-0.4, -0.2) is 30.7 Å². The predicted octanol–water partition coefficient (Wildman–Crippen LogP) is 2.47. The average molecular weight is 390 g/mol. The molecular weight excluding hydrogens is 372 g/mol. The van der Waals surface area contributed by atoms with Crippen molar-refractivity contribution in [3.8, 4) is 0 Å². The highest BCUT2D eigenvalue weighted by atomic mass is 32.2. The summed E-state index contributed by atoms with van der Waals surface area (Å²) in [5.41, 5.74) is 1.53. The van der Waals surface area contributed by atoms with Crippen molar-refractivity contribution in [2.24, 2.45) is 0 Å². The summed E-state index contributed by atoms with van der Waals surface area (Å²) in [6.07, 6.45) is 3.47. The Morgan fingerprint density at radius 2 is 2.04 bits per heavy atom. The Kier molecular flexibility index (Phi) is 5.50. The number of nitrogens with zero attached hydrogens (tertiary/aromatic N) is 2. The Balaban J connectivity index is 1.75. The molecule has 3 rings (SSSR count). The fourth-order valence-corrected chi connectivity index (χ4v) is 4.23. The Hall–Kier alpha value is -2.49. The van der Waals surface area contributed by atoms with Gasteiger partial charge in [0.15, 0.2) is 0 Å². The maximum atomic E-state index is 12.6. The van der Waals surface area contributed by atoms with E-state index < -0.39 is 10.0 Å². The van der Waals surface area contributed by atoms with Crippen molar-refractivity contribution >= 4 is 33.0 Å². The summed E-state index contributed by atoms with van der Waals surface area (Å²) in [5.74, 6) is -0.212. The molecule has 1 aromatic carbocycles. The lowest BCUT2D eigenvalue weighted by Gasteiger charge is -2.17. The van der Waals surface area contributed by atoms with Gasteiger partial charge in [-0.05, 0) is 52.7 Å². The van der Waals surface area contributed by atoms with Crippen LogP contribution in [0.4, 0.5) is 5.69 Å². The molecule has 0 aliphatic heterocycles. The summed E-state index contributed by atoms with van der Waals surface area (Å²) in [7, 11) is -3.68. The van der Waals surface area contributed by atoms with E-state index in [2.05, 4.69) is 15.1 Å². The summed E-state index contributed by atoms with van der Waals surface area (Å²) in [6, 6.07) is 9.55. The summed E-state index contributed by atoms with van der Waals surface area (Å²) in [4.78, 5) is 11.2. The third-order valence-electron chi connectivity index (χ3n) is 3.72. The van der Waals surface area contributed by atoms with Crippen LogP contribution in [-0.2, 0) is 14.8 Å². The van der Waals surface area contributed by atoms with E-state index in [4.69, 9.17) is 0 Å². The lowest BCUT2D eigenvalue weighted by Crippen LogP contribution is -2.31. The quantitative estimate of drug-likeness (QED) is 0.648. The zero-order valence-electron chi connectivity index (χ0n) is 14.0. The molecule has 0 aliphatic carbocycles. The Bertz CT molecular complexity index is 916. The highest BCUT2D eigenvalue weighted by Gasteiger charge is 2.20. The minimum Gasteiger partial charge on any atom is -0.326 e. The van der Waals surface area contributed by atoms with Crippen molar-refractivity contribution in [3.05, 3.63) is 65.1 Å². The number of rotatable bonds is 7. The van der Waals surface area contributed by atoms with Crippen LogP contribution in [0, 0.1) is 0 Å². The molecule has 0 unspecified atom stereocenters. The third-order valence-corrected chi connectivity index (χ3v) is 5.86. The van der Waals surface area contributed by atoms with Crippen LogP contribution in [0.5, 0.6) is 0 Å². The molecule has 0 bridgehead atoms. The number of hydrogen-bond acceptors (Lipinski definition) is 5. The minimum absolute atomic E-state index is 0.135. The molecule has 0 fully saturated rings. The number of carbonyl (C=O) groups is 1. The second-order valence-corrected chi connectivity index (χ2v) is 8.16. The monoisotopic (exact) mass is 390 g/mol. The number of hydrogen-bond donors (Lipinski definition) is 2. The lowest BCUT2D eigenvalue weighted by molar-refractivity contribution is -0.114. The Morgan fingerprint density at radius 3 is 2.62 bits per heavy atom. The van der Waals surface area contributed by atoms with Gasteiger partial charge in [0.1, 0.15) is 0 Å². The van der Waals surface area contributed by atoms with E-state index in [1.165, 1.54) is 19.1 Å². The summed E-state index contributed by atoms with van der Waals surface area (Å²) < 4.78 is 29.5. The third kappa shape index (κ3) is 4.37. The number of sulfonamides is 1. The Morgan fingerprint density at radius 1 is 1.27 bits per heavy atom. The van der Waals surface area contributed by atoms with Crippen LogP contribution in [0.1, 0.15) is 18.5 Å². The summed E-state index contributed by atoms with van der Waals surface area (Å²) in [6.45, 7) is 1.57. The van der Waals surface area contributed by atoms with Crippen molar-refractivity contribution in [1.82, 2.24) is 14.5 Å². The zero-order chi connectivity index (χ0) is 18.6. The normalized spacial score (nSPS) is 12.7. The fraction of sp³-hybridized carbons (Fsp3) is 0.176. The predicted molar refractivity (Wildman–Crippen MR) is 101 cm³/mol. The van der Waals surface area contributed by atoms with Crippen molar-refractivity contribution < 1.29 is 13.2 Å². The molecule has 7 nitrogen and oxygen atoms in total. The van der Waals surface area contributed by atoms with Gasteiger partial charge in [-0.1, -0.05) is 0 Å². The molecule has 0 aliphatic rings. The highest BCUT2D eigenvalue weighted by molar-refractivity contribution is 7.89.